The number of nitrogens with zero attached hydrogens (tertiary/aromatic N) is 2. The lowest BCUT2D eigenvalue weighted by Crippen LogP contribution is -2.04. The molecule has 0 fully saturated rings. The van der Waals surface area contributed by atoms with Gasteiger partial charge in [0.15, 0.2) is 0 Å². The molecule has 2 aromatic rings. The summed E-state index contributed by atoms with van der Waals surface area (Å²) in [4.78, 5) is 4.37. The molecule has 17 heavy (non-hydrogen) atoms. The molecule has 90 valence electrons. The van der Waals surface area contributed by atoms with E-state index in [9.17, 15) is 0 Å². The van der Waals surface area contributed by atoms with Crippen LogP contribution in [-0.4, -0.2) is 16.7 Å². The molecule has 2 N–H and O–H groups in total. The number of anilines is 1. The Kier molecular flexibility index (Phi) is 3.04. The molecule has 0 spiro atoms. The summed E-state index contributed by atoms with van der Waals surface area (Å²) in [5.41, 5.74) is 7.86. The van der Waals surface area contributed by atoms with Crippen LogP contribution in [0.25, 0.3) is 11.3 Å². The van der Waals surface area contributed by atoms with Crippen molar-refractivity contribution in [3.05, 3.63) is 30.6 Å². The predicted molar refractivity (Wildman–Crippen MR) is 69.0 cm³/mol. The zero-order valence-electron chi connectivity index (χ0n) is 10.3. The second-order valence-electron chi connectivity index (χ2n) is 4.21. The van der Waals surface area contributed by atoms with Crippen molar-refractivity contribution in [1.82, 2.24) is 9.55 Å². The Bertz CT molecular complexity index is 517. The van der Waals surface area contributed by atoms with Crippen molar-refractivity contribution >= 4 is 5.82 Å². The number of hydrogen-bond acceptors (Lipinski definition) is 3. The lowest BCUT2D eigenvalue weighted by atomic mass is 10.1. The van der Waals surface area contributed by atoms with Crippen molar-refractivity contribution in [2.75, 3.05) is 12.8 Å². The molecule has 0 aliphatic carbocycles. The fourth-order valence-corrected chi connectivity index (χ4v) is 1.77. The van der Waals surface area contributed by atoms with Crippen LogP contribution in [0.5, 0.6) is 5.75 Å². The minimum absolute atomic E-state index is 0.307. The van der Waals surface area contributed by atoms with Gasteiger partial charge >= 0.3 is 0 Å². The molecular formula is C13H17N3O. The van der Waals surface area contributed by atoms with Crippen LogP contribution in [0.1, 0.15) is 19.9 Å². The molecule has 1 aromatic carbocycles. The van der Waals surface area contributed by atoms with Gasteiger partial charge in [0, 0.05) is 11.6 Å². The number of imidazole rings is 1. The van der Waals surface area contributed by atoms with E-state index in [-0.39, 0.29) is 0 Å². The van der Waals surface area contributed by atoms with E-state index in [0.717, 1.165) is 17.0 Å². The van der Waals surface area contributed by atoms with Crippen LogP contribution >= 0.6 is 0 Å². The number of aromatic nitrogens is 2. The molecule has 0 amide bonds. The molecule has 0 bridgehead atoms. The quantitative estimate of drug-likeness (QED) is 0.883. The topological polar surface area (TPSA) is 53.1 Å². The van der Waals surface area contributed by atoms with Gasteiger partial charge in [0.25, 0.3) is 0 Å². The number of methoxy groups -OCH3 is 1. The van der Waals surface area contributed by atoms with Crippen LogP contribution in [-0.2, 0) is 0 Å². The second kappa shape index (κ2) is 4.49. The maximum Gasteiger partial charge on any atom is 0.131 e. The second-order valence-corrected chi connectivity index (χ2v) is 4.21. The van der Waals surface area contributed by atoms with Crippen molar-refractivity contribution < 1.29 is 4.74 Å². The van der Waals surface area contributed by atoms with Gasteiger partial charge in [-0.05, 0) is 26.0 Å². The smallest absolute Gasteiger partial charge is 0.131 e. The molecule has 0 saturated carbocycles. The maximum atomic E-state index is 6.09. The highest BCUT2D eigenvalue weighted by Crippen LogP contribution is 2.28. The first-order chi connectivity index (χ1) is 8.13. The van der Waals surface area contributed by atoms with E-state index >= 15 is 0 Å². The van der Waals surface area contributed by atoms with Crippen LogP contribution in [0, 0.1) is 0 Å². The summed E-state index contributed by atoms with van der Waals surface area (Å²) < 4.78 is 7.15. The summed E-state index contributed by atoms with van der Waals surface area (Å²) >= 11 is 0. The first-order valence-electron chi connectivity index (χ1n) is 5.60. The summed E-state index contributed by atoms with van der Waals surface area (Å²) in [7, 11) is 1.65. The highest BCUT2D eigenvalue weighted by molar-refractivity contribution is 5.71. The van der Waals surface area contributed by atoms with Gasteiger partial charge in [-0.15, -0.1) is 0 Å². The molecule has 0 aliphatic heterocycles. The fourth-order valence-electron chi connectivity index (χ4n) is 1.77. The highest BCUT2D eigenvalue weighted by Gasteiger charge is 2.11. The molecule has 2 rings (SSSR count). The summed E-state index contributed by atoms with van der Waals surface area (Å²) in [5.74, 6) is 1.49. The van der Waals surface area contributed by atoms with Gasteiger partial charge in [0.05, 0.1) is 13.4 Å². The van der Waals surface area contributed by atoms with Gasteiger partial charge in [-0.25, -0.2) is 4.98 Å². The monoisotopic (exact) mass is 231 g/mol. The molecule has 0 unspecified atom stereocenters. The van der Waals surface area contributed by atoms with Crippen LogP contribution in [0.2, 0.25) is 0 Å². The Morgan fingerprint density at radius 1 is 1.35 bits per heavy atom. The highest BCUT2D eigenvalue weighted by atomic mass is 16.5. The van der Waals surface area contributed by atoms with Gasteiger partial charge in [-0.1, -0.05) is 12.1 Å². The van der Waals surface area contributed by atoms with Crippen molar-refractivity contribution in [3.8, 4) is 17.0 Å². The van der Waals surface area contributed by atoms with Gasteiger partial charge < -0.3 is 15.0 Å². The number of ether oxygens (including phenoxy) is 1. The van der Waals surface area contributed by atoms with Crippen LogP contribution in [0.4, 0.5) is 5.82 Å². The van der Waals surface area contributed by atoms with Crippen LogP contribution in [0.15, 0.2) is 30.6 Å². The average Bonchev–Trinajstić information content (AvgIpc) is 2.71. The maximum absolute atomic E-state index is 6.09. The lowest BCUT2D eigenvalue weighted by molar-refractivity contribution is 0.415. The molecule has 4 nitrogen and oxygen atoms in total. The number of nitrogen functional groups attached to an aromatic ring is 1. The first kappa shape index (κ1) is 11.5. The Morgan fingerprint density at radius 2 is 2.12 bits per heavy atom. The first-order valence-corrected chi connectivity index (χ1v) is 5.60. The minimum atomic E-state index is 0.307. The Morgan fingerprint density at radius 3 is 2.71 bits per heavy atom. The molecule has 0 radical (unpaired) electrons. The summed E-state index contributed by atoms with van der Waals surface area (Å²) in [6.45, 7) is 4.15. The van der Waals surface area contributed by atoms with Crippen LogP contribution in [0.3, 0.4) is 0 Å². The Labute approximate surface area is 101 Å². The van der Waals surface area contributed by atoms with Gasteiger partial charge in [-0.3, -0.25) is 0 Å². The number of rotatable bonds is 3. The van der Waals surface area contributed by atoms with E-state index in [0.29, 0.717) is 11.9 Å². The standard InChI is InChI=1S/C13H17N3O/c1-9(2)16-8-15-12(13(16)14)10-5-4-6-11(7-10)17-3/h4-9H,14H2,1-3H3. The zero-order chi connectivity index (χ0) is 12.4. The predicted octanol–water partition coefficient (Wildman–Crippen LogP) is 2.72. The van der Waals surface area contributed by atoms with E-state index in [1.54, 1.807) is 13.4 Å². The normalized spacial score (nSPS) is 10.8. The molecule has 0 saturated heterocycles. The number of benzene rings is 1. The van der Waals surface area contributed by atoms with E-state index in [4.69, 9.17) is 10.5 Å². The van der Waals surface area contributed by atoms with E-state index in [2.05, 4.69) is 18.8 Å². The third kappa shape index (κ3) is 2.11. The van der Waals surface area contributed by atoms with Gasteiger partial charge in [0.1, 0.15) is 17.3 Å². The van der Waals surface area contributed by atoms with E-state index in [1.165, 1.54) is 0 Å². The lowest BCUT2D eigenvalue weighted by Gasteiger charge is -2.09. The number of nitrogens with two attached hydrogens (primary N) is 1. The summed E-state index contributed by atoms with van der Waals surface area (Å²) in [6, 6.07) is 8.05. The Hall–Kier alpha value is -1.97. The zero-order valence-corrected chi connectivity index (χ0v) is 10.3. The third-order valence-electron chi connectivity index (χ3n) is 2.73. The Balaban J connectivity index is 2.46. The summed E-state index contributed by atoms with van der Waals surface area (Å²) in [5, 5.41) is 0. The van der Waals surface area contributed by atoms with Crippen molar-refractivity contribution in [2.45, 2.75) is 19.9 Å². The minimum Gasteiger partial charge on any atom is -0.497 e. The third-order valence-corrected chi connectivity index (χ3v) is 2.73. The molecule has 0 atom stereocenters. The van der Waals surface area contributed by atoms with Crippen molar-refractivity contribution in [1.29, 1.82) is 0 Å². The molecule has 1 aromatic heterocycles. The van der Waals surface area contributed by atoms with E-state index < -0.39 is 0 Å². The van der Waals surface area contributed by atoms with Crippen molar-refractivity contribution in [3.63, 3.8) is 0 Å². The van der Waals surface area contributed by atoms with Crippen molar-refractivity contribution in [2.24, 2.45) is 0 Å². The molecule has 4 heteroatoms. The largest absolute Gasteiger partial charge is 0.497 e. The SMILES string of the molecule is COc1cccc(-c2ncn(C(C)C)c2N)c1. The molecule has 0 aliphatic rings. The van der Waals surface area contributed by atoms with Crippen LogP contribution < -0.4 is 10.5 Å². The fraction of sp³-hybridized carbons (Fsp3) is 0.308. The molecule has 1 heterocycles. The number of hydrogen-bond donors (Lipinski definition) is 1. The van der Waals surface area contributed by atoms with E-state index in [1.807, 2.05) is 28.8 Å². The van der Waals surface area contributed by atoms with Gasteiger partial charge in [0.2, 0.25) is 0 Å². The molecular weight excluding hydrogens is 214 g/mol. The summed E-state index contributed by atoms with van der Waals surface area (Å²) in [6.07, 6.45) is 1.77. The van der Waals surface area contributed by atoms with Gasteiger partial charge in [-0.2, -0.15) is 0 Å². The average molecular weight is 231 g/mol.